The molecule has 9 heteroatoms. The van der Waals surface area contributed by atoms with Crippen molar-refractivity contribution in [1.82, 2.24) is 25.0 Å². The molecule has 4 heterocycles. The number of rotatable bonds is 4. The van der Waals surface area contributed by atoms with E-state index < -0.39 is 0 Å². The number of hydrogen-bond donors (Lipinski definition) is 1. The summed E-state index contributed by atoms with van der Waals surface area (Å²) in [7, 11) is 0. The molecule has 2 saturated heterocycles. The molecule has 5 rings (SSSR count). The van der Waals surface area contributed by atoms with Crippen LogP contribution in [-0.4, -0.2) is 75.4 Å². The van der Waals surface area contributed by atoms with Gasteiger partial charge >= 0.3 is 0 Å². The average Bonchev–Trinajstić information content (AvgIpc) is 3.52. The molecule has 2 aliphatic heterocycles. The van der Waals surface area contributed by atoms with E-state index in [0.717, 1.165) is 16.8 Å². The van der Waals surface area contributed by atoms with Crippen LogP contribution >= 0.6 is 0 Å². The first-order valence-corrected chi connectivity index (χ1v) is 11.4. The number of aryl methyl sites for hydroxylation is 1. The third kappa shape index (κ3) is 4.28. The fraction of sp³-hybridized carbons (Fsp3) is 0.320. The van der Waals surface area contributed by atoms with Crippen LogP contribution in [0.25, 0.3) is 11.3 Å². The molecule has 1 atom stereocenters. The third-order valence-electron chi connectivity index (χ3n) is 6.48. The fourth-order valence-electron chi connectivity index (χ4n) is 4.51. The number of anilines is 1. The Morgan fingerprint density at radius 2 is 1.65 bits per heavy atom. The number of carbonyl (C=O) groups excluding carboxylic acids is 3. The molecule has 3 amide bonds. The average molecular weight is 459 g/mol. The van der Waals surface area contributed by atoms with Gasteiger partial charge in [0, 0.05) is 62.8 Å². The maximum Gasteiger partial charge on any atom is 0.272 e. The van der Waals surface area contributed by atoms with Gasteiger partial charge in [-0.25, -0.2) is 0 Å². The normalized spacial score (nSPS) is 18.4. The number of carbonyl (C=O) groups is 3. The largest absolute Gasteiger partial charge is 0.339 e. The number of nitrogens with zero attached hydrogens (tertiary/aromatic N) is 5. The first-order chi connectivity index (χ1) is 16.5. The summed E-state index contributed by atoms with van der Waals surface area (Å²) in [5.74, 6) is -0.537. The molecular weight excluding hydrogens is 432 g/mol. The van der Waals surface area contributed by atoms with Crippen LogP contribution in [0, 0.1) is 12.8 Å². The van der Waals surface area contributed by atoms with Crippen LogP contribution in [0.2, 0.25) is 0 Å². The van der Waals surface area contributed by atoms with Crippen molar-refractivity contribution in [1.29, 1.82) is 0 Å². The Bertz CT molecular complexity index is 1200. The van der Waals surface area contributed by atoms with Gasteiger partial charge in [-0.1, -0.05) is 17.7 Å². The second kappa shape index (κ2) is 9.09. The number of aromatic amines is 1. The van der Waals surface area contributed by atoms with E-state index in [-0.39, 0.29) is 30.1 Å². The first-order valence-electron chi connectivity index (χ1n) is 11.4. The number of nitrogens with one attached hydrogen (secondary N) is 1. The summed E-state index contributed by atoms with van der Waals surface area (Å²) in [6, 6.07) is 13.2. The first kappa shape index (κ1) is 21.8. The van der Waals surface area contributed by atoms with Crippen LogP contribution in [0.5, 0.6) is 0 Å². The van der Waals surface area contributed by atoms with Crippen LogP contribution in [0.4, 0.5) is 5.69 Å². The SMILES string of the molecule is Cc1ccc(N2C[C@H](C(=O)N3CCN(C(=O)c4cc(-c5ccncc5)n[nH]4)CC3)CC2=O)cc1. The van der Waals surface area contributed by atoms with Gasteiger partial charge in [-0.15, -0.1) is 0 Å². The minimum absolute atomic E-state index is 0.0171. The standard InChI is InChI=1S/C25H26N6O3/c1-17-2-4-20(5-3-17)31-16-19(14-23(31)32)24(33)29-10-12-30(13-11-29)25(34)22-15-21(27-28-22)18-6-8-26-9-7-18/h2-9,15,19H,10-14,16H2,1H3,(H,27,28)/t19-/m1/s1. The molecule has 2 aliphatic rings. The Hall–Kier alpha value is -4.01. The van der Waals surface area contributed by atoms with Crippen molar-refractivity contribution < 1.29 is 14.4 Å². The van der Waals surface area contributed by atoms with Gasteiger partial charge in [0.25, 0.3) is 5.91 Å². The van der Waals surface area contributed by atoms with Crippen molar-refractivity contribution in [3.8, 4) is 11.3 Å². The summed E-state index contributed by atoms with van der Waals surface area (Å²) in [5, 5.41) is 7.06. The van der Waals surface area contributed by atoms with Crippen molar-refractivity contribution in [3.05, 3.63) is 66.1 Å². The molecule has 0 unspecified atom stereocenters. The van der Waals surface area contributed by atoms with Crippen molar-refractivity contribution in [3.63, 3.8) is 0 Å². The summed E-state index contributed by atoms with van der Waals surface area (Å²) < 4.78 is 0. The van der Waals surface area contributed by atoms with Crippen molar-refractivity contribution in [2.75, 3.05) is 37.6 Å². The molecule has 9 nitrogen and oxygen atoms in total. The van der Waals surface area contributed by atoms with Gasteiger partial charge < -0.3 is 14.7 Å². The molecule has 2 fully saturated rings. The van der Waals surface area contributed by atoms with Gasteiger partial charge in [0.15, 0.2) is 0 Å². The smallest absolute Gasteiger partial charge is 0.272 e. The van der Waals surface area contributed by atoms with E-state index in [2.05, 4.69) is 15.2 Å². The van der Waals surface area contributed by atoms with Crippen LogP contribution in [0.1, 0.15) is 22.5 Å². The number of hydrogen-bond acceptors (Lipinski definition) is 5. The minimum atomic E-state index is -0.355. The zero-order chi connectivity index (χ0) is 23.7. The zero-order valence-electron chi connectivity index (χ0n) is 19.0. The molecular formula is C25H26N6O3. The van der Waals surface area contributed by atoms with E-state index in [1.807, 2.05) is 43.3 Å². The van der Waals surface area contributed by atoms with Gasteiger partial charge in [-0.2, -0.15) is 5.10 Å². The topological polar surface area (TPSA) is 102 Å². The van der Waals surface area contributed by atoms with E-state index in [1.165, 1.54) is 0 Å². The number of H-pyrrole nitrogens is 1. The predicted molar refractivity (Wildman–Crippen MR) is 126 cm³/mol. The van der Waals surface area contributed by atoms with Crippen molar-refractivity contribution in [2.45, 2.75) is 13.3 Å². The van der Waals surface area contributed by atoms with E-state index in [9.17, 15) is 14.4 Å². The molecule has 2 aromatic heterocycles. The van der Waals surface area contributed by atoms with E-state index in [4.69, 9.17) is 0 Å². The summed E-state index contributed by atoms with van der Waals surface area (Å²) in [6.07, 6.45) is 3.58. The number of piperazine rings is 1. The van der Waals surface area contributed by atoms with Crippen molar-refractivity contribution >= 4 is 23.4 Å². The maximum atomic E-state index is 13.1. The van der Waals surface area contributed by atoms with Crippen LogP contribution in [-0.2, 0) is 9.59 Å². The molecule has 0 radical (unpaired) electrons. The maximum absolute atomic E-state index is 13.1. The Balaban J connectivity index is 1.17. The summed E-state index contributed by atoms with van der Waals surface area (Å²) in [5.41, 5.74) is 3.93. The van der Waals surface area contributed by atoms with Crippen LogP contribution in [0.3, 0.4) is 0 Å². The molecule has 0 aliphatic carbocycles. The molecule has 3 aromatic rings. The number of amides is 3. The second-order valence-electron chi connectivity index (χ2n) is 8.76. The lowest BCUT2D eigenvalue weighted by Gasteiger charge is -2.35. The van der Waals surface area contributed by atoms with Gasteiger partial charge in [-0.3, -0.25) is 24.5 Å². The van der Waals surface area contributed by atoms with Gasteiger partial charge in [0.2, 0.25) is 11.8 Å². The molecule has 0 saturated carbocycles. The molecule has 0 spiro atoms. The van der Waals surface area contributed by atoms with Crippen LogP contribution in [0.15, 0.2) is 54.9 Å². The van der Waals surface area contributed by atoms with E-state index in [0.29, 0.717) is 44.1 Å². The number of aromatic nitrogens is 3. The van der Waals surface area contributed by atoms with Gasteiger partial charge in [-0.05, 0) is 37.3 Å². The fourth-order valence-corrected chi connectivity index (χ4v) is 4.51. The van der Waals surface area contributed by atoms with E-state index in [1.54, 1.807) is 33.2 Å². The summed E-state index contributed by atoms with van der Waals surface area (Å²) in [4.78, 5) is 47.8. The van der Waals surface area contributed by atoms with Crippen LogP contribution < -0.4 is 4.90 Å². The Labute approximate surface area is 197 Å². The zero-order valence-corrected chi connectivity index (χ0v) is 19.0. The molecule has 34 heavy (non-hydrogen) atoms. The number of pyridine rings is 1. The highest BCUT2D eigenvalue weighted by molar-refractivity contribution is 6.00. The molecule has 1 N–H and O–H groups in total. The lowest BCUT2D eigenvalue weighted by Crippen LogP contribution is -2.52. The van der Waals surface area contributed by atoms with E-state index >= 15 is 0 Å². The quantitative estimate of drug-likeness (QED) is 0.645. The Kier molecular flexibility index (Phi) is 5.83. The van der Waals surface area contributed by atoms with Gasteiger partial charge in [0.05, 0.1) is 11.6 Å². The molecule has 174 valence electrons. The number of benzene rings is 1. The monoisotopic (exact) mass is 458 g/mol. The Morgan fingerprint density at radius 3 is 2.35 bits per heavy atom. The highest BCUT2D eigenvalue weighted by Gasteiger charge is 2.38. The third-order valence-corrected chi connectivity index (χ3v) is 6.48. The molecule has 0 bridgehead atoms. The lowest BCUT2D eigenvalue weighted by atomic mass is 10.1. The summed E-state index contributed by atoms with van der Waals surface area (Å²) >= 11 is 0. The summed E-state index contributed by atoms with van der Waals surface area (Å²) in [6.45, 7) is 4.17. The van der Waals surface area contributed by atoms with Gasteiger partial charge in [0.1, 0.15) is 5.69 Å². The highest BCUT2D eigenvalue weighted by atomic mass is 16.2. The Morgan fingerprint density at radius 1 is 0.971 bits per heavy atom. The predicted octanol–water partition coefficient (Wildman–Crippen LogP) is 2.12. The molecule has 1 aromatic carbocycles. The lowest BCUT2D eigenvalue weighted by molar-refractivity contribution is -0.137. The van der Waals surface area contributed by atoms with Crippen molar-refractivity contribution in [2.24, 2.45) is 5.92 Å². The highest BCUT2D eigenvalue weighted by Crippen LogP contribution is 2.27. The minimum Gasteiger partial charge on any atom is -0.339 e. The second-order valence-corrected chi connectivity index (χ2v) is 8.76.